The zero-order valence-corrected chi connectivity index (χ0v) is 13.1. The minimum Gasteiger partial charge on any atom is -0.326 e. The van der Waals surface area contributed by atoms with Crippen LogP contribution in [0.1, 0.15) is 39.2 Å². The maximum absolute atomic E-state index is 12.2. The fourth-order valence-electron chi connectivity index (χ4n) is 2.90. The first kappa shape index (κ1) is 15.0. The Kier molecular flexibility index (Phi) is 4.48. The van der Waals surface area contributed by atoms with Crippen LogP contribution >= 0.6 is 0 Å². The minimum absolute atomic E-state index is 0.0391. The van der Waals surface area contributed by atoms with Gasteiger partial charge in [0.2, 0.25) is 5.91 Å². The highest BCUT2D eigenvalue weighted by Gasteiger charge is 2.23. The third-order valence-electron chi connectivity index (χ3n) is 3.97. The van der Waals surface area contributed by atoms with E-state index in [1.807, 2.05) is 18.2 Å². The Morgan fingerprint density at radius 1 is 1.35 bits per heavy atom. The number of hydrogen-bond acceptors (Lipinski definition) is 2. The summed E-state index contributed by atoms with van der Waals surface area (Å²) in [4.78, 5) is 14.5. The van der Waals surface area contributed by atoms with Gasteiger partial charge in [-0.25, -0.2) is 0 Å². The summed E-state index contributed by atoms with van der Waals surface area (Å²) >= 11 is 0. The Balaban J connectivity index is 2.01. The van der Waals surface area contributed by atoms with Gasteiger partial charge < -0.3 is 10.2 Å². The first-order chi connectivity index (χ1) is 9.36. The lowest BCUT2D eigenvalue weighted by Gasteiger charge is -2.23. The molecule has 3 heteroatoms. The average molecular weight is 274 g/mol. The predicted molar refractivity (Wildman–Crippen MR) is 84.0 cm³/mol. The molecule has 0 saturated carbocycles. The van der Waals surface area contributed by atoms with Crippen LogP contribution in [0.2, 0.25) is 0 Å². The van der Waals surface area contributed by atoms with E-state index in [0.717, 1.165) is 25.2 Å². The van der Waals surface area contributed by atoms with Gasteiger partial charge in [0.05, 0.1) is 0 Å². The van der Waals surface area contributed by atoms with Crippen molar-refractivity contribution in [1.82, 2.24) is 4.90 Å². The van der Waals surface area contributed by atoms with E-state index < -0.39 is 0 Å². The third-order valence-corrected chi connectivity index (χ3v) is 3.97. The Hall–Kier alpha value is -1.35. The highest BCUT2D eigenvalue weighted by atomic mass is 16.1. The van der Waals surface area contributed by atoms with E-state index in [9.17, 15) is 4.79 Å². The van der Waals surface area contributed by atoms with Crippen LogP contribution in [-0.2, 0) is 10.2 Å². The lowest BCUT2D eigenvalue weighted by Crippen LogP contribution is -2.22. The molecule has 1 atom stereocenters. The van der Waals surface area contributed by atoms with Crippen molar-refractivity contribution in [2.24, 2.45) is 5.92 Å². The number of carbonyl (C=O) groups excluding carboxylic acids is 1. The molecule has 0 bridgehead atoms. The van der Waals surface area contributed by atoms with Gasteiger partial charge in [0.25, 0.3) is 0 Å². The van der Waals surface area contributed by atoms with Crippen LogP contribution in [0.5, 0.6) is 0 Å². The summed E-state index contributed by atoms with van der Waals surface area (Å²) in [6.45, 7) is 8.66. The number of likely N-dealkylation sites (tertiary alicyclic amines) is 1. The SMILES string of the molecule is CN1CCC(CC(=O)Nc2ccccc2C(C)(C)C)C1. The Morgan fingerprint density at radius 3 is 2.65 bits per heavy atom. The van der Waals surface area contributed by atoms with Gasteiger partial charge in [-0.3, -0.25) is 4.79 Å². The quantitative estimate of drug-likeness (QED) is 0.917. The maximum atomic E-state index is 12.2. The number of anilines is 1. The molecule has 20 heavy (non-hydrogen) atoms. The molecule has 0 aromatic heterocycles. The van der Waals surface area contributed by atoms with E-state index in [1.165, 1.54) is 5.56 Å². The minimum atomic E-state index is 0.0391. The summed E-state index contributed by atoms with van der Waals surface area (Å²) in [6.07, 6.45) is 1.76. The number of nitrogens with zero attached hydrogens (tertiary/aromatic N) is 1. The first-order valence-corrected chi connectivity index (χ1v) is 7.44. The number of benzene rings is 1. The van der Waals surface area contributed by atoms with Gasteiger partial charge in [0, 0.05) is 18.7 Å². The Labute approximate surface area is 122 Å². The molecule has 1 aromatic carbocycles. The lowest BCUT2D eigenvalue weighted by molar-refractivity contribution is -0.117. The van der Waals surface area contributed by atoms with E-state index in [0.29, 0.717) is 12.3 Å². The number of rotatable bonds is 3. The molecule has 2 rings (SSSR count). The highest BCUT2D eigenvalue weighted by molar-refractivity contribution is 5.91. The topological polar surface area (TPSA) is 32.3 Å². The summed E-state index contributed by atoms with van der Waals surface area (Å²) in [5.74, 6) is 0.642. The second-order valence-electron chi connectivity index (χ2n) is 6.96. The van der Waals surface area contributed by atoms with E-state index in [1.54, 1.807) is 0 Å². The van der Waals surface area contributed by atoms with Gasteiger partial charge in [0.15, 0.2) is 0 Å². The van der Waals surface area contributed by atoms with E-state index in [2.05, 4.69) is 44.1 Å². The highest BCUT2D eigenvalue weighted by Crippen LogP contribution is 2.29. The largest absolute Gasteiger partial charge is 0.326 e. The molecular formula is C17H26N2O. The summed E-state index contributed by atoms with van der Waals surface area (Å²) in [5, 5.41) is 3.10. The zero-order valence-electron chi connectivity index (χ0n) is 13.1. The second kappa shape index (κ2) is 5.96. The molecule has 0 aliphatic carbocycles. The lowest BCUT2D eigenvalue weighted by atomic mass is 9.86. The molecule has 1 unspecified atom stereocenters. The van der Waals surface area contributed by atoms with Crippen LogP contribution < -0.4 is 5.32 Å². The molecule has 1 aliphatic heterocycles. The smallest absolute Gasteiger partial charge is 0.224 e. The monoisotopic (exact) mass is 274 g/mol. The van der Waals surface area contributed by atoms with Gasteiger partial charge in [-0.1, -0.05) is 39.0 Å². The van der Waals surface area contributed by atoms with Crippen LogP contribution in [0.3, 0.4) is 0 Å². The number of carbonyl (C=O) groups is 1. The van der Waals surface area contributed by atoms with Gasteiger partial charge in [0.1, 0.15) is 0 Å². The fraction of sp³-hybridized carbons (Fsp3) is 0.588. The number of para-hydroxylation sites is 1. The van der Waals surface area contributed by atoms with Crippen molar-refractivity contribution in [3.05, 3.63) is 29.8 Å². The summed E-state index contributed by atoms with van der Waals surface area (Å²) < 4.78 is 0. The Morgan fingerprint density at radius 2 is 2.05 bits per heavy atom. The molecule has 110 valence electrons. The normalized spacial score (nSPS) is 20.1. The van der Waals surface area contributed by atoms with Crippen LogP contribution in [0.4, 0.5) is 5.69 Å². The van der Waals surface area contributed by atoms with Gasteiger partial charge in [-0.15, -0.1) is 0 Å². The number of nitrogens with one attached hydrogen (secondary N) is 1. The number of hydrogen-bond donors (Lipinski definition) is 1. The van der Waals surface area contributed by atoms with Crippen molar-refractivity contribution in [3.63, 3.8) is 0 Å². The molecule has 1 aliphatic rings. The van der Waals surface area contributed by atoms with E-state index in [4.69, 9.17) is 0 Å². The van der Waals surface area contributed by atoms with Crippen molar-refractivity contribution in [2.75, 3.05) is 25.5 Å². The average Bonchev–Trinajstić information content (AvgIpc) is 2.73. The zero-order chi connectivity index (χ0) is 14.8. The fourth-order valence-corrected chi connectivity index (χ4v) is 2.90. The van der Waals surface area contributed by atoms with Gasteiger partial charge >= 0.3 is 0 Å². The van der Waals surface area contributed by atoms with E-state index >= 15 is 0 Å². The van der Waals surface area contributed by atoms with Crippen molar-refractivity contribution in [2.45, 2.75) is 39.0 Å². The van der Waals surface area contributed by atoms with Crippen LogP contribution in [0.25, 0.3) is 0 Å². The molecule has 3 nitrogen and oxygen atoms in total. The maximum Gasteiger partial charge on any atom is 0.224 e. The van der Waals surface area contributed by atoms with E-state index in [-0.39, 0.29) is 11.3 Å². The standard InChI is InChI=1S/C17H26N2O/c1-17(2,3)14-7-5-6-8-15(14)18-16(20)11-13-9-10-19(4)12-13/h5-8,13H,9-12H2,1-4H3,(H,18,20). The van der Waals surface area contributed by atoms with Gasteiger partial charge in [-0.2, -0.15) is 0 Å². The molecule has 1 fully saturated rings. The van der Waals surface area contributed by atoms with Crippen LogP contribution in [0, 0.1) is 5.92 Å². The Bertz CT molecular complexity index is 476. The first-order valence-electron chi connectivity index (χ1n) is 7.44. The van der Waals surface area contributed by atoms with Gasteiger partial charge in [-0.05, 0) is 43.0 Å². The molecule has 0 radical (unpaired) electrons. The molecular weight excluding hydrogens is 248 g/mol. The summed E-state index contributed by atoms with van der Waals surface area (Å²) in [6, 6.07) is 8.11. The molecule has 1 amide bonds. The molecule has 1 saturated heterocycles. The summed E-state index contributed by atoms with van der Waals surface area (Å²) in [7, 11) is 2.12. The van der Waals surface area contributed by atoms with Crippen molar-refractivity contribution < 1.29 is 4.79 Å². The van der Waals surface area contributed by atoms with Crippen molar-refractivity contribution >= 4 is 11.6 Å². The molecule has 1 N–H and O–H groups in total. The third kappa shape index (κ3) is 3.83. The predicted octanol–water partition coefficient (Wildman–Crippen LogP) is 3.26. The summed E-state index contributed by atoms with van der Waals surface area (Å²) in [5.41, 5.74) is 2.19. The number of amides is 1. The van der Waals surface area contributed by atoms with Crippen molar-refractivity contribution in [1.29, 1.82) is 0 Å². The van der Waals surface area contributed by atoms with Crippen LogP contribution in [-0.4, -0.2) is 30.9 Å². The van der Waals surface area contributed by atoms with Crippen molar-refractivity contribution in [3.8, 4) is 0 Å². The molecule has 1 heterocycles. The second-order valence-corrected chi connectivity index (χ2v) is 6.96. The molecule has 1 aromatic rings. The molecule has 0 spiro atoms. The van der Waals surface area contributed by atoms with Crippen LogP contribution in [0.15, 0.2) is 24.3 Å².